The Kier molecular flexibility index (Phi) is 45.9. The second-order valence-electron chi connectivity index (χ2n) is 16.7. The molecule has 6 nitrogen and oxygen atoms in total. The van der Waals surface area contributed by atoms with E-state index in [-0.39, 0.29) is 37.5 Å². The van der Waals surface area contributed by atoms with Gasteiger partial charge in [-0.05, 0) is 57.8 Å². The van der Waals surface area contributed by atoms with E-state index in [1.807, 2.05) is 0 Å². The molecule has 0 N–H and O–H groups in total. The summed E-state index contributed by atoms with van der Waals surface area (Å²) in [6, 6.07) is 0. The average Bonchev–Trinajstić information content (AvgIpc) is 3.23. The first-order valence-corrected chi connectivity index (χ1v) is 25.1. The van der Waals surface area contributed by atoms with Crippen molar-refractivity contribution in [2.45, 2.75) is 258 Å². The third-order valence-electron chi connectivity index (χ3n) is 10.8. The van der Waals surface area contributed by atoms with Gasteiger partial charge < -0.3 is 14.2 Å². The summed E-state index contributed by atoms with van der Waals surface area (Å²) < 4.78 is 16.6. The van der Waals surface area contributed by atoms with Crippen LogP contribution in [-0.2, 0) is 28.6 Å². The molecule has 0 aromatic heterocycles. The minimum atomic E-state index is -0.787. The van der Waals surface area contributed by atoms with Crippen LogP contribution >= 0.6 is 0 Å². The van der Waals surface area contributed by atoms with Crippen molar-refractivity contribution in [2.75, 3.05) is 13.2 Å². The van der Waals surface area contributed by atoms with Gasteiger partial charge in [-0.2, -0.15) is 0 Å². The molecular formula is C53H94O6. The Balaban J connectivity index is 4.16. The predicted molar refractivity (Wildman–Crippen MR) is 252 cm³/mol. The van der Waals surface area contributed by atoms with Gasteiger partial charge in [0.05, 0.1) is 0 Å². The van der Waals surface area contributed by atoms with E-state index in [1.54, 1.807) is 0 Å². The van der Waals surface area contributed by atoms with Gasteiger partial charge in [0.15, 0.2) is 6.10 Å². The number of esters is 3. The zero-order valence-corrected chi connectivity index (χ0v) is 39.0. The Hall–Kier alpha value is -2.63. The summed E-state index contributed by atoms with van der Waals surface area (Å²) in [5.74, 6) is -0.938. The van der Waals surface area contributed by atoms with Crippen molar-refractivity contribution >= 4 is 17.9 Å². The van der Waals surface area contributed by atoms with E-state index >= 15 is 0 Å². The van der Waals surface area contributed by atoms with Crippen molar-refractivity contribution in [3.8, 4) is 0 Å². The Morgan fingerprint density at radius 1 is 0.356 bits per heavy atom. The van der Waals surface area contributed by atoms with Crippen LogP contribution in [0.15, 0.2) is 48.6 Å². The lowest BCUT2D eigenvalue weighted by Gasteiger charge is -2.18. The summed E-state index contributed by atoms with van der Waals surface area (Å²) >= 11 is 0. The smallest absolute Gasteiger partial charge is 0.306 e. The van der Waals surface area contributed by atoms with Crippen LogP contribution in [0.25, 0.3) is 0 Å². The molecule has 0 saturated heterocycles. The molecule has 0 heterocycles. The van der Waals surface area contributed by atoms with E-state index in [9.17, 15) is 14.4 Å². The predicted octanol–water partition coefficient (Wildman–Crippen LogP) is 16.3. The monoisotopic (exact) mass is 827 g/mol. The molecule has 0 aromatic carbocycles. The highest BCUT2D eigenvalue weighted by atomic mass is 16.6. The molecule has 0 aliphatic carbocycles. The molecule has 1 unspecified atom stereocenters. The summed E-state index contributed by atoms with van der Waals surface area (Å²) in [5, 5.41) is 0. The minimum absolute atomic E-state index is 0.0877. The van der Waals surface area contributed by atoms with Crippen molar-refractivity contribution in [1.29, 1.82) is 0 Å². The van der Waals surface area contributed by atoms with Crippen LogP contribution < -0.4 is 0 Å². The Morgan fingerprint density at radius 3 is 1.03 bits per heavy atom. The van der Waals surface area contributed by atoms with Crippen LogP contribution in [0.2, 0.25) is 0 Å². The van der Waals surface area contributed by atoms with Crippen LogP contribution in [0, 0.1) is 0 Å². The van der Waals surface area contributed by atoms with E-state index in [0.29, 0.717) is 19.3 Å². The summed E-state index contributed by atoms with van der Waals surface area (Å²) in [6.07, 6.45) is 57.2. The number of carbonyl (C=O) groups is 3. The molecular weight excluding hydrogens is 733 g/mol. The van der Waals surface area contributed by atoms with Crippen molar-refractivity contribution in [3.05, 3.63) is 48.6 Å². The van der Waals surface area contributed by atoms with E-state index in [1.165, 1.54) is 122 Å². The van der Waals surface area contributed by atoms with Gasteiger partial charge in [0.1, 0.15) is 13.2 Å². The number of allylic oxidation sites excluding steroid dienone is 8. The SMILES string of the molecule is CC/C=C\C/C=C\C/C=C\C/C=C\CCCCC(=O)OC(COC(=O)CCCCCCC)COC(=O)CCCCCCCCCCCCCCCCCCCCCCC. The second-order valence-corrected chi connectivity index (χ2v) is 16.7. The summed E-state index contributed by atoms with van der Waals surface area (Å²) in [4.78, 5) is 37.6. The third kappa shape index (κ3) is 46.3. The summed E-state index contributed by atoms with van der Waals surface area (Å²) in [5.41, 5.74) is 0. The normalized spacial score (nSPS) is 12.4. The first-order chi connectivity index (χ1) is 29.0. The van der Waals surface area contributed by atoms with Crippen LogP contribution in [0.1, 0.15) is 252 Å². The van der Waals surface area contributed by atoms with Gasteiger partial charge in [-0.1, -0.05) is 223 Å². The maximum absolute atomic E-state index is 12.7. The molecule has 6 heteroatoms. The van der Waals surface area contributed by atoms with Crippen molar-refractivity contribution in [1.82, 2.24) is 0 Å². The molecule has 0 rings (SSSR count). The molecule has 0 spiro atoms. The topological polar surface area (TPSA) is 78.9 Å². The lowest BCUT2D eigenvalue weighted by molar-refractivity contribution is -0.167. The summed E-state index contributed by atoms with van der Waals surface area (Å²) in [6.45, 7) is 6.42. The minimum Gasteiger partial charge on any atom is -0.462 e. The highest BCUT2D eigenvalue weighted by Crippen LogP contribution is 2.16. The maximum Gasteiger partial charge on any atom is 0.306 e. The molecule has 1 atom stereocenters. The average molecular weight is 827 g/mol. The fraction of sp³-hybridized carbons (Fsp3) is 0.792. The number of carbonyl (C=O) groups excluding carboxylic acids is 3. The number of hydrogen-bond acceptors (Lipinski definition) is 6. The second kappa shape index (κ2) is 48.0. The van der Waals surface area contributed by atoms with Gasteiger partial charge in [0, 0.05) is 19.3 Å². The van der Waals surface area contributed by atoms with E-state index < -0.39 is 6.10 Å². The van der Waals surface area contributed by atoms with Crippen LogP contribution in [0.4, 0.5) is 0 Å². The number of unbranched alkanes of at least 4 members (excludes halogenated alkanes) is 26. The zero-order chi connectivity index (χ0) is 43.0. The Bertz CT molecular complexity index is 1040. The Labute approximate surface area is 365 Å². The molecule has 0 radical (unpaired) electrons. The third-order valence-corrected chi connectivity index (χ3v) is 10.8. The largest absolute Gasteiger partial charge is 0.462 e. The highest BCUT2D eigenvalue weighted by molar-refractivity contribution is 5.71. The Morgan fingerprint density at radius 2 is 0.661 bits per heavy atom. The lowest BCUT2D eigenvalue weighted by atomic mass is 10.0. The van der Waals surface area contributed by atoms with Gasteiger partial charge >= 0.3 is 17.9 Å². The number of hydrogen-bond donors (Lipinski definition) is 0. The maximum atomic E-state index is 12.7. The fourth-order valence-corrected chi connectivity index (χ4v) is 7.08. The van der Waals surface area contributed by atoms with Crippen molar-refractivity contribution in [2.24, 2.45) is 0 Å². The quantitative estimate of drug-likeness (QED) is 0.0263. The molecule has 0 aliphatic rings. The molecule has 0 bridgehead atoms. The molecule has 0 saturated carbocycles. The van der Waals surface area contributed by atoms with Crippen LogP contribution in [-0.4, -0.2) is 37.2 Å². The summed E-state index contributed by atoms with van der Waals surface area (Å²) in [7, 11) is 0. The first-order valence-electron chi connectivity index (χ1n) is 25.1. The standard InChI is InChI=1S/C53H94O6/c1-4-7-10-13-15-17-19-21-23-24-25-26-27-28-30-31-33-35-37-40-43-46-52(55)58-49-50(48-57-51(54)45-42-39-12-9-6-3)59-53(56)47-44-41-38-36-34-32-29-22-20-18-16-14-11-8-5-2/h8,11,16,18,22,29,34,36,50H,4-7,9-10,12-15,17,19-21,23-28,30-33,35,37-49H2,1-3H3/b11-8-,18-16-,29-22-,36-34-. The van der Waals surface area contributed by atoms with Gasteiger partial charge in [-0.15, -0.1) is 0 Å². The van der Waals surface area contributed by atoms with E-state index in [2.05, 4.69) is 69.4 Å². The first kappa shape index (κ1) is 56.4. The number of ether oxygens (including phenoxy) is 3. The molecule has 0 aliphatic heterocycles. The molecule has 0 amide bonds. The molecule has 342 valence electrons. The molecule has 59 heavy (non-hydrogen) atoms. The highest BCUT2D eigenvalue weighted by Gasteiger charge is 2.19. The van der Waals surface area contributed by atoms with Gasteiger partial charge in [-0.3, -0.25) is 14.4 Å². The van der Waals surface area contributed by atoms with Crippen LogP contribution in [0.3, 0.4) is 0 Å². The van der Waals surface area contributed by atoms with Crippen molar-refractivity contribution in [3.63, 3.8) is 0 Å². The van der Waals surface area contributed by atoms with E-state index in [4.69, 9.17) is 14.2 Å². The zero-order valence-electron chi connectivity index (χ0n) is 39.0. The van der Waals surface area contributed by atoms with Gasteiger partial charge in [-0.25, -0.2) is 0 Å². The van der Waals surface area contributed by atoms with Gasteiger partial charge in [0.25, 0.3) is 0 Å². The van der Waals surface area contributed by atoms with Gasteiger partial charge in [0.2, 0.25) is 0 Å². The lowest BCUT2D eigenvalue weighted by Crippen LogP contribution is -2.30. The fourth-order valence-electron chi connectivity index (χ4n) is 7.08. The molecule has 0 fully saturated rings. The van der Waals surface area contributed by atoms with E-state index in [0.717, 1.165) is 83.5 Å². The van der Waals surface area contributed by atoms with Crippen molar-refractivity contribution < 1.29 is 28.6 Å². The number of rotatable bonds is 45. The van der Waals surface area contributed by atoms with Crippen LogP contribution in [0.5, 0.6) is 0 Å². The molecule has 0 aromatic rings.